The van der Waals surface area contributed by atoms with Crippen LogP contribution in [0.1, 0.15) is 11.1 Å². The van der Waals surface area contributed by atoms with Gasteiger partial charge in [-0.1, -0.05) is 71.9 Å². The number of thioether (sulfide) groups is 1. The fourth-order valence-corrected chi connectivity index (χ4v) is 3.87. The highest BCUT2D eigenvalue weighted by Crippen LogP contribution is 2.31. The van der Waals surface area contributed by atoms with Crippen molar-refractivity contribution >= 4 is 11.8 Å². The number of benzene rings is 3. The van der Waals surface area contributed by atoms with Crippen molar-refractivity contribution in [2.45, 2.75) is 17.8 Å². The maximum atomic E-state index is 13.1. The molecule has 0 fully saturated rings. The van der Waals surface area contributed by atoms with Gasteiger partial charge in [-0.3, -0.25) is 4.57 Å². The van der Waals surface area contributed by atoms with E-state index in [1.54, 1.807) is 11.8 Å². The normalized spacial score (nSPS) is 10.9. The Labute approximate surface area is 162 Å². The zero-order valence-electron chi connectivity index (χ0n) is 15.0. The fourth-order valence-electron chi connectivity index (χ4n) is 2.92. The molecule has 1 aromatic heterocycles. The summed E-state index contributed by atoms with van der Waals surface area (Å²) < 4.78 is 15.3. The van der Waals surface area contributed by atoms with E-state index in [2.05, 4.69) is 52.9 Å². The van der Waals surface area contributed by atoms with E-state index in [9.17, 15) is 4.39 Å². The molecule has 134 valence electrons. The molecule has 0 N–H and O–H groups in total. The summed E-state index contributed by atoms with van der Waals surface area (Å²) >= 11 is 1.65. The molecule has 27 heavy (non-hydrogen) atoms. The van der Waals surface area contributed by atoms with Gasteiger partial charge in [0.05, 0.1) is 11.9 Å². The number of aromatic nitrogens is 2. The third-order valence-electron chi connectivity index (χ3n) is 4.37. The average molecular weight is 374 g/mol. The molecular weight excluding hydrogens is 355 g/mol. The Morgan fingerprint density at radius 2 is 1.59 bits per heavy atom. The van der Waals surface area contributed by atoms with Gasteiger partial charge < -0.3 is 0 Å². The number of halogens is 1. The monoisotopic (exact) mass is 374 g/mol. The molecule has 4 rings (SSSR count). The number of nitrogens with zero attached hydrogens (tertiary/aromatic N) is 2. The standard InChI is InChI=1S/C23H19FN2S/c1-17-7-11-19(12-8-17)22-15-25-23(26(22)21-5-3-2-4-6-21)27-16-18-9-13-20(24)14-10-18/h2-15H,16H2,1H3. The first kappa shape index (κ1) is 17.6. The van der Waals surface area contributed by atoms with Gasteiger partial charge in [0.1, 0.15) is 5.82 Å². The molecule has 0 spiro atoms. The maximum absolute atomic E-state index is 13.1. The highest BCUT2D eigenvalue weighted by atomic mass is 32.2. The molecule has 0 saturated carbocycles. The van der Waals surface area contributed by atoms with E-state index in [-0.39, 0.29) is 5.82 Å². The minimum absolute atomic E-state index is 0.212. The summed E-state index contributed by atoms with van der Waals surface area (Å²) in [5.41, 5.74) is 5.57. The van der Waals surface area contributed by atoms with Crippen LogP contribution in [0.15, 0.2) is 90.2 Å². The van der Waals surface area contributed by atoms with Crippen molar-refractivity contribution in [2.75, 3.05) is 0 Å². The average Bonchev–Trinajstić information content (AvgIpc) is 3.13. The van der Waals surface area contributed by atoms with Crippen molar-refractivity contribution in [3.05, 3.63) is 102 Å². The van der Waals surface area contributed by atoms with Crippen LogP contribution in [0.4, 0.5) is 4.39 Å². The van der Waals surface area contributed by atoms with Crippen LogP contribution >= 0.6 is 11.8 Å². The van der Waals surface area contributed by atoms with Crippen LogP contribution in [-0.4, -0.2) is 9.55 Å². The van der Waals surface area contributed by atoms with Gasteiger partial charge in [-0.2, -0.15) is 0 Å². The molecule has 0 aliphatic heterocycles. The Kier molecular flexibility index (Phi) is 5.07. The van der Waals surface area contributed by atoms with Gasteiger partial charge in [0.2, 0.25) is 0 Å². The maximum Gasteiger partial charge on any atom is 0.173 e. The molecule has 0 bridgehead atoms. The molecule has 0 aliphatic rings. The molecule has 2 nitrogen and oxygen atoms in total. The molecule has 0 saturated heterocycles. The molecule has 4 heteroatoms. The van der Waals surface area contributed by atoms with Crippen molar-refractivity contribution in [1.82, 2.24) is 9.55 Å². The lowest BCUT2D eigenvalue weighted by molar-refractivity contribution is 0.627. The first-order valence-corrected chi connectivity index (χ1v) is 9.77. The van der Waals surface area contributed by atoms with Crippen molar-refractivity contribution in [2.24, 2.45) is 0 Å². The van der Waals surface area contributed by atoms with Crippen molar-refractivity contribution in [3.63, 3.8) is 0 Å². The van der Waals surface area contributed by atoms with E-state index in [1.807, 2.05) is 36.5 Å². The summed E-state index contributed by atoms with van der Waals surface area (Å²) in [6.07, 6.45) is 1.92. The molecule has 0 amide bonds. The molecule has 0 atom stereocenters. The molecule has 3 aromatic carbocycles. The molecule has 0 radical (unpaired) electrons. The Morgan fingerprint density at radius 3 is 2.30 bits per heavy atom. The lowest BCUT2D eigenvalue weighted by Crippen LogP contribution is -1.99. The van der Waals surface area contributed by atoms with Gasteiger partial charge in [-0.15, -0.1) is 0 Å². The largest absolute Gasteiger partial charge is 0.287 e. The van der Waals surface area contributed by atoms with Crippen molar-refractivity contribution in [1.29, 1.82) is 0 Å². The van der Waals surface area contributed by atoms with Gasteiger partial charge >= 0.3 is 0 Å². The van der Waals surface area contributed by atoms with E-state index in [0.717, 1.165) is 33.4 Å². The topological polar surface area (TPSA) is 17.8 Å². The summed E-state index contributed by atoms with van der Waals surface area (Å²) in [4.78, 5) is 4.68. The number of hydrogen-bond acceptors (Lipinski definition) is 2. The van der Waals surface area contributed by atoms with Crippen LogP contribution in [0.2, 0.25) is 0 Å². The fraction of sp³-hybridized carbons (Fsp3) is 0.0870. The second-order valence-electron chi connectivity index (χ2n) is 6.38. The number of rotatable bonds is 5. The Balaban J connectivity index is 1.71. The van der Waals surface area contributed by atoms with E-state index in [4.69, 9.17) is 0 Å². The van der Waals surface area contributed by atoms with Gasteiger partial charge in [-0.05, 0) is 36.8 Å². The molecule has 0 unspecified atom stereocenters. The van der Waals surface area contributed by atoms with Gasteiger partial charge in [-0.25, -0.2) is 9.37 Å². The first-order chi connectivity index (χ1) is 13.2. The lowest BCUT2D eigenvalue weighted by Gasteiger charge is -2.12. The summed E-state index contributed by atoms with van der Waals surface area (Å²) in [6, 6.07) is 25.4. The Hall–Kier alpha value is -2.85. The van der Waals surface area contributed by atoms with E-state index in [1.165, 1.54) is 17.7 Å². The third-order valence-corrected chi connectivity index (χ3v) is 5.40. The highest BCUT2D eigenvalue weighted by molar-refractivity contribution is 7.98. The van der Waals surface area contributed by atoms with Crippen molar-refractivity contribution in [3.8, 4) is 16.9 Å². The van der Waals surface area contributed by atoms with Gasteiger partial charge in [0.15, 0.2) is 5.16 Å². The SMILES string of the molecule is Cc1ccc(-c2cnc(SCc3ccc(F)cc3)n2-c2ccccc2)cc1. The summed E-state index contributed by atoms with van der Waals surface area (Å²) in [6.45, 7) is 2.09. The van der Waals surface area contributed by atoms with Gasteiger partial charge in [0.25, 0.3) is 0 Å². The van der Waals surface area contributed by atoms with Crippen LogP contribution in [0, 0.1) is 12.7 Å². The number of aryl methyl sites for hydroxylation is 1. The zero-order valence-corrected chi connectivity index (χ0v) is 15.8. The molecule has 0 aliphatic carbocycles. The zero-order chi connectivity index (χ0) is 18.6. The predicted octanol–water partition coefficient (Wildman–Crippen LogP) is 6.28. The van der Waals surface area contributed by atoms with Crippen LogP contribution in [0.3, 0.4) is 0 Å². The minimum atomic E-state index is -0.212. The van der Waals surface area contributed by atoms with E-state index < -0.39 is 0 Å². The molecule has 4 aromatic rings. The quantitative estimate of drug-likeness (QED) is 0.383. The van der Waals surface area contributed by atoms with Gasteiger partial charge in [0, 0.05) is 17.0 Å². The Bertz CT molecular complexity index is 1020. The van der Waals surface area contributed by atoms with Crippen molar-refractivity contribution < 1.29 is 4.39 Å². The lowest BCUT2D eigenvalue weighted by atomic mass is 10.1. The van der Waals surface area contributed by atoms with E-state index in [0.29, 0.717) is 0 Å². The second kappa shape index (κ2) is 7.80. The number of para-hydroxylation sites is 1. The summed E-state index contributed by atoms with van der Waals surface area (Å²) in [5, 5.41) is 0.918. The molecule has 1 heterocycles. The number of hydrogen-bond donors (Lipinski definition) is 0. The van der Waals surface area contributed by atoms with Crippen LogP contribution in [0.25, 0.3) is 16.9 Å². The second-order valence-corrected chi connectivity index (χ2v) is 7.32. The van der Waals surface area contributed by atoms with E-state index >= 15 is 0 Å². The molecular formula is C23H19FN2S. The van der Waals surface area contributed by atoms with Crippen LogP contribution in [0.5, 0.6) is 0 Å². The summed E-state index contributed by atoms with van der Waals surface area (Å²) in [5.74, 6) is 0.522. The predicted molar refractivity (Wildman–Crippen MR) is 110 cm³/mol. The van der Waals surface area contributed by atoms with Crippen LogP contribution in [-0.2, 0) is 5.75 Å². The first-order valence-electron chi connectivity index (χ1n) is 8.78. The third kappa shape index (κ3) is 3.96. The summed E-state index contributed by atoms with van der Waals surface area (Å²) in [7, 11) is 0. The highest BCUT2D eigenvalue weighted by Gasteiger charge is 2.14. The number of imidazole rings is 1. The smallest absolute Gasteiger partial charge is 0.173 e. The Morgan fingerprint density at radius 1 is 0.889 bits per heavy atom. The van der Waals surface area contributed by atoms with Crippen LogP contribution < -0.4 is 0 Å². The minimum Gasteiger partial charge on any atom is -0.287 e.